The fourth-order valence-electron chi connectivity index (χ4n) is 2.22. The molecular formula is C15H13N7O3. The molecule has 0 saturated carbocycles. The molecule has 0 aliphatic heterocycles. The van der Waals surface area contributed by atoms with Crippen LogP contribution in [0.5, 0.6) is 11.6 Å². The maximum absolute atomic E-state index is 5.74. The summed E-state index contributed by atoms with van der Waals surface area (Å²) >= 11 is 0. The van der Waals surface area contributed by atoms with E-state index in [0.717, 1.165) is 5.69 Å². The topological polar surface area (TPSA) is 113 Å². The highest BCUT2D eigenvalue weighted by atomic mass is 16.5. The third-order valence-electron chi connectivity index (χ3n) is 3.40. The summed E-state index contributed by atoms with van der Waals surface area (Å²) in [4.78, 5) is 7.98. The molecule has 0 saturated heterocycles. The summed E-state index contributed by atoms with van der Waals surface area (Å²) in [6.07, 6.45) is 3.10. The number of rotatable bonds is 5. The Kier molecular flexibility index (Phi) is 3.69. The SMILES string of the molecule is COc1cc2nnc(-c3cc(C)on3)n2nc1OCc1ccncn1. The molecule has 0 N–H and O–H groups in total. The second-order valence-electron chi connectivity index (χ2n) is 5.12. The molecule has 0 fully saturated rings. The largest absolute Gasteiger partial charge is 0.491 e. The predicted octanol–water partition coefficient (Wildman–Crippen LogP) is 1.47. The van der Waals surface area contributed by atoms with Crippen LogP contribution in [0.4, 0.5) is 0 Å². The zero-order valence-electron chi connectivity index (χ0n) is 13.4. The molecule has 0 aliphatic rings. The fourth-order valence-corrected chi connectivity index (χ4v) is 2.22. The predicted molar refractivity (Wildman–Crippen MR) is 83.9 cm³/mol. The molecule has 10 heteroatoms. The van der Waals surface area contributed by atoms with Gasteiger partial charge in [0, 0.05) is 18.3 Å². The molecule has 0 radical (unpaired) electrons. The molecule has 0 aliphatic carbocycles. The van der Waals surface area contributed by atoms with Crippen LogP contribution in [0.2, 0.25) is 0 Å². The second kappa shape index (κ2) is 6.15. The van der Waals surface area contributed by atoms with Crippen molar-refractivity contribution in [2.75, 3.05) is 7.11 Å². The third-order valence-corrected chi connectivity index (χ3v) is 3.40. The summed E-state index contributed by atoms with van der Waals surface area (Å²) < 4.78 is 17.7. The van der Waals surface area contributed by atoms with Gasteiger partial charge in [-0.25, -0.2) is 9.97 Å². The molecular weight excluding hydrogens is 326 g/mol. The molecule has 0 spiro atoms. The van der Waals surface area contributed by atoms with Crippen molar-refractivity contribution in [2.24, 2.45) is 0 Å². The van der Waals surface area contributed by atoms with Crippen molar-refractivity contribution in [3.8, 4) is 23.1 Å². The van der Waals surface area contributed by atoms with E-state index < -0.39 is 0 Å². The zero-order valence-corrected chi connectivity index (χ0v) is 13.4. The average molecular weight is 339 g/mol. The molecule has 4 heterocycles. The van der Waals surface area contributed by atoms with Crippen LogP contribution >= 0.6 is 0 Å². The van der Waals surface area contributed by atoms with E-state index in [1.807, 2.05) is 0 Å². The molecule has 25 heavy (non-hydrogen) atoms. The molecule has 0 bridgehead atoms. The lowest BCUT2D eigenvalue weighted by Crippen LogP contribution is -2.05. The van der Waals surface area contributed by atoms with E-state index in [1.165, 1.54) is 18.0 Å². The Morgan fingerprint density at radius 3 is 2.88 bits per heavy atom. The number of nitrogens with zero attached hydrogens (tertiary/aromatic N) is 7. The highest BCUT2D eigenvalue weighted by Gasteiger charge is 2.17. The molecule has 0 unspecified atom stereocenters. The van der Waals surface area contributed by atoms with Crippen molar-refractivity contribution in [3.63, 3.8) is 0 Å². The fraction of sp³-hybridized carbons (Fsp3) is 0.200. The summed E-state index contributed by atoms with van der Waals surface area (Å²) in [5.41, 5.74) is 1.75. The van der Waals surface area contributed by atoms with Gasteiger partial charge in [0.25, 0.3) is 5.88 Å². The monoisotopic (exact) mass is 339 g/mol. The summed E-state index contributed by atoms with van der Waals surface area (Å²) in [6, 6.07) is 5.20. The Morgan fingerprint density at radius 1 is 1.24 bits per heavy atom. The Morgan fingerprint density at radius 2 is 2.16 bits per heavy atom. The Bertz CT molecular complexity index is 1010. The van der Waals surface area contributed by atoms with Crippen LogP contribution < -0.4 is 9.47 Å². The van der Waals surface area contributed by atoms with Gasteiger partial charge in [-0.2, -0.15) is 4.52 Å². The van der Waals surface area contributed by atoms with E-state index in [4.69, 9.17) is 14.0 Å². The van der Waals surface area contributed by atoms with Crippen LogP contribution in [0.15, 0.2) is 35.2 Å². The minimum absolute atomic E-state index is 0.220. The maximum Gasteiger partial charge on any atom is 0.275 e. The average Bonchev–Trinajstić information content (AvgIpc) is 3.25. The molecule has 126 valence electrons. The first kappa shape index (κ1) is 15.0. The normalized spacial score (nSPS) is 11.0. The van der Waals surface area contributed by atoms with Crippen LogP contribution in [0, 0.1) is 6.92 Å². The van der Waals surface area contributed by atoms with Gasteiger partial charge in [-0.15, -0.1) is 15.3 Å². The number of methoxy groups -OCH3 is 1. The Balaban J connectivity index is 1.72. The van der Waals surface area contributed by atoms with Gasteiger partial charge >= 0.3 is 0 Å². The van der Waals surface area contributed by atoms with Crippen LogP contribution in [0.3, 0.4) is 0 Å². The van der Waals surface area contributed by atoms with Crippen molar-refractivity contribution in [1.29, 1.82) is 0 Å². The number of hydrogen-bond donors (Lipinski definition) is 0. The molecule has 0 atom stereocenters. The van der Waals surface area contributed by atoms with Crippen molar-refractivity contribution in [3.05, 3.63) is 42.2 Å². The Labute approximate surface area is 141 Å². The number of ether oxygens (including phenoxy) is 2. The number of fused-ring (bicyclic) bond motifs is 1. The van der Waals surface area contributed by atoms with Gasteiger partial charge in [0.05, 0.1) is 12.8 Å². The van der Waals surface area contributed by atoms with E-state index in [2.05, 4.69) is 30.4 Å². The molecule has 0 aromatic carbocycles. The lowest BCUT2D eigenvalue weighted by atomic mass is 10.3. The van der Waals surface area contributed by atoms with E-state index in [9.17, 15) is 0 Å². The van der Waals surface area contributed by atoms with Crippen molar-refractivity contribution in [2.45, 2.75) is 13.5 Å². The van der Waals surface area contributed by atoms with Crippen LogP contribution in [-0.4, -0.2) is 42.0 Å². The lowest BCUT2D eigenvalue weighted by Gasteiger charge is -2.09. The van der Waals surface area contributed by atoms with E-state index >= 15 is 0 Å². The summed E-state index contributed by atoms with van der Waals surface area (Å²) in [7, 11) is 1.53. The standard InChI is InChI=1S/C15H13N7O3/c1-9-5-11(21-25-9)14-19-18-13-6-12(23-2)15(20-22(13)14)24-7-10-3-4-16-8-17-10/h3-6,8H,7H2,1-2H3. The Hall–Kier alpha value is -3.56. The van der Waals surface area contributed by atoms with E-state index in [1.54, 1.807) is 31.3 Å². The van der Waals surface area contributed by atoms with Gasteiger partial charge in [-0.1, -0.05) is 5.16 Å². The number of hydrogen-bond acceptors (Lipinski definition) is 9. The van der Waals surface area contributed by atoms with Gasteiger partial charge in [-0.3, -0.25) is 0 Å². The first-order valence-corrected chi connectivity index (χ1v) is 7.36. The highest BCUT2D eigenvalue weighted by molar-refractivity contribution is 5.56. The van der Waals surface area contributed by atoms with E-state index in [0.29, 0.717) is 28.7 Å². The van der Waals surface area contributed by atoms with E-state index in [-0.39, 0.29) is 12.5 Å². The first-order chi connectivity index (χ1) is 12.2. The lowest BCUT2D eigenvalue weighted by molar-refractivity contribution is 0.264. The van der Waals surface area contributed by atoms with Gasteiger partial charge < -0.3 is 14.0 Å². The molecule has 4 rings (SSSR count). The first-order valence-electron chi connectivity index (χ1n) is 7.36. The van der Waals surface area contributed by atoms with Gasteiger partial charge in [0.15, 0.2) is 17.1 Å². The summed E-state index contributed by atoms with van der Waals surface area (Å²) in [5.74, 6) is 1.84. The molecule has 4 aromatic rings. The molecule has 4 aromatic heterocycles. The highest BCUT2D eigenvalue weighted by Crippen LogP contribution is 2.27. The second-order valence-corrected chi connectivity index (χ2v) is 5.12. The van der Waals surface area contributed by atoms with Crippen LogP contribution in [0.25, 0.3) is 17.2 Å². The zero-order chi connectivity index (χ0) is 17.2. The smallest absolute Gasteiger partial charge is 0.275 e. The number of aromatic nitrogens is 7. The summed E-state index contributed by atoms with van der Waals surface area (Å²) in [5, 5.41) is 16.6. The third kappa shape index (κ3) is 2.84. The minimum atomic E-state index is 0.220. The number of aryl methyl sites for hydroxylation is 1. The summed E-state index contributed by atoms with van der Waals surface area (Å²) in [6.45, 7) is 2.02. The molecule has 10 nitrogen and oxygen atoms in total. The maximum atomic E-state index is 5.74. The molecule has 0 amide bonds. The van der Waals surface area contributed by atoms with Crippen molar-refractivity contribution < 1.29 is 14.0 Å². The van der Waals surface area contributed by atoms with Crippen LogP contribution in [0.1, 0.15) is 11.5 Å². The van der Waals surface area contributed by atoms with Crippen LogP contribution in [-0.2, 0) is 6.61 Å². The minimum Gasteiger partial charge on any atom is -0.491 e. The van der Waals surface area contributed by atoms with Gasteiger partial charge in [0.2, 0.25) is 5.82 Å². The van der Waals surface area contributed by atoms with Gasteiger partial charge in [-0.05, 0) is 13.0 Å². The quantitative estimate of drug-likeness (QED) is 0.533. The van der Waals surface area contributed by atoms with Crippen molar-refractivity contribution >= 4 is 5.65 Å². The van der Waals surface area contributed by atoms with Crippen molar-refractivity contribution in [1.82, 2.24) is 34.9 Å². The van der Waals surface area contributed by atoms with Gasteiger partial charge in [0.1, 0.15) is 18.7 Å².